The Morgan fingerprint density at radius 3 is 2.33 bits per heavy atom. The van der Waals surface area contributed by atoms with Gasteiger partial charge in [0.25, 0.3) is 0 Å². The zero-order valence-electron chi connectivity index (χ0n) is 9.36. The lowest BCUT2D eigenvalue weighted by atomic mass is 10.3. The van der Waals surface area contributed by atoms with Crippen molar-refractivity contribution < 1.29 is 17.9 Å². The van der Waals surface area contributed by atoms with E-state index >= 15 is 0 Å². The van der Waals surface area contributed by atoms with E-state index in [1.54, 1.807) is 0 Å². The third kappa shape index (κ3) is 13.7. The van der Waals surface area contributed by atoms with Crippen LogP contribution in [-0.2, 0) is 4.74 Å². The van der Waals surface area contributed by atoms with Crippen molar-refractivity contribution in [3.8, 4) is 0 Å². The van der Waals surface area contributed by atoms with E-state index in [-0.39, 0.29) is 6.61 Å². The standard InChI is InChI=1S/C10H20F3NO/c1-9(2)14-6-3-4-7-15-8-5-10(11,12)13/h9,14H,3-8H2,1-2H3. The van der Waals surface area contributed by atoms with Crippen molar-refractivity contribution >= 4 is 0 Å². The molecule has 0 aliphatic carbocycles. The number of alkyl halides is 3. The van der Waals surface area contributed by atoms with Gasteiger partial charge < -0.3 is 10.1 Å². The highest BCUT2D eigenvalue weighted by molar-refractivity contribution is 4.53. The van der Waals surface area contributed by atoms with Crippen LogP contribution in [0.5, 0.6) is 0 Å². The zero-order chi connectivity index (χ0) is 11.7. The van der Waals surface area contributed by atoms with E-state index in [9.17, 15) is 13.2 Å². The Kier molecular flexibility index (Phi) is 7.78. The average Bonchev–Trinajstić information content (AvgIpc) is 2.07. The number of hydrogen-bond donors (Lipinski definition) is 1. The van der Waals surface area contributed by atoms with Gasteiger partial charge in [0.15, 0.2) is 0 Å². The van der Waals surface area contributed by atoms with Gasteiger partial charge in [0.05, 0.1) is 13.0 Å². The molecule has 0 aromatic carbocycles. The predicted molar refractivity (Wildman–Crippen MR) is 53.9 cm³/mol. The Morgan fingerprint density at radius 2 is 1.80 bits per heavy atom. The topological polar surface area (TPSA) is 21.3 Å². The highest BCUT2D eigenvalue weighted by Gasteiger charge is 2.26. The molecule has 0 atom stereocenters. The van der Waals surface area contributed by atoms with Gasteiger partial charge in [-0.2, -0.15) is 13.2 Å². The predicted octanol–water partition coefficient (Wildman–Crippen LogP) is 2.73. The summed E-state index contributed by atoms with van der Waals surface area (Å²) in [5.41, 5.74) is 0. The maximum atomic E-state index is 11.7. The Bertz CT molecular complexity index is 148. The molecule has 0 rings (SSSR count). The fraction of sp³-hybridized carbons (Fsp3) is 1.00. The summed E-state index contributed by atoms with van der Waals surface area (Å²) in [6.07, 6.45) is -3.21. The maximum absolute atomic E-state index is 11.7. The molecule has 0 aliphatic rings. The Labute approximate surface area is 89.2 Å². The van der Waals surface area contributed by atoms with E-state index in [0.29, 0.717) is 12.6 Å². The molecule has 0 spiro atoms. The first kappa shape index (κ1) is 14.7. The minimum atomic E-state index is -4.10. The lowest BCUT2D eigenvalue weighted by Crippen LogP contribution is -2.23. The first-order valence-electron chi connectivity index (χ1n) is 5.29. The molecule has 0 fully saturated rings. The second kappa shape index (κ2) is 7.93. The van der Waals surface area contributed by atoms with Crippen LogP contribution in [0.4, 0.5) is 13.2 Å². The fourth-order valence-electron chi connectivity index (χ4n) is 1.01. The second-order valence-electron chi connectivity index (χ2n) is 3.79. The summed E-state index contributed by atoms with van der Waals surface area (Å²) >= 11 is 0. The molecule has 92 valence electrons. The molecule has 0 aliphatic heterocycles. The van der Waals surface area contributed by atoms with Crippen molar-refractivity contribution in [1.82, 2.24) is 5.32 Å². The first-order valence-corrected chi connectivity index (χ1v) is 5.29. The Morgan fingerprint density at radius 1 is 1.13 bits per heavy atom. The van der Waals surface area contributed by atoms with Crippen molar-refractivity contribution in [1.29, 1.82) is 0 Å². The van der Waals surface area contributed by atoms with Gasteiger partial charge in [0.1, 0.15) is 0 Å². The molecule has 0 unspecified atom stereocenters. The first-order chi connectivity index (χ1) is 6.92. The molecule has 1 N–H and O–H groups in total. The highest BCUT2D eigenvalue weighted by atomic mass is 19.4. The quantitative estimate of drug-likeness (QED) is 0.644. The zero-order valence-corrected chi connectivity index (χ0v) is 9.36. The van der Waals surface area contributed by atoms with Crippen LogP contribution in [0.15, 0.2) is 0 Å². The normalized spacial score (nSPS) is 12.4. The number of halogens is 3. The highest BCUT2D eigenvalue weighted by Crippen LogP contribution is 2.18. The number of hydrogen-bond acceptors (Lipinski definition) is 2. The van der Waals surface area contributed by atoms with Crippen molar-refractivity contribution in [3.05, 3.63) is 0 Å². The van der Waals surface area contributed by atoms with E-state index in [0.717, 1.165) is 19.4 Å². The smallest absolute Gasteiger partial charge is 0.381 e. The molecule has 0 saturated heterocycles. The number of unbranched alkanes of at least 4 members (excludes halogenated alkanes) is 1. The maximum Gasteiger partial charge on any atom is 0.391 e. The van der Waals surface area contributed by atoms with Gasteiger partial charge in [0, 0.05) is 12.6 Å². The van der Waals surface area contributed by atoms with Crippen LogP contribution in [0, 0.1) is 0 Å². The van der Waals surface area contributed by atoms with E-state index in [1.165, 1.54) is 0 Å². The Hall–Kier alpha value is -0.290. The molecular weight excluding hydrogens is 207 g/mol. The van der Waals surface area contributed by atoms with Crippen molar-refractivity contribution in [2.24, 2.45) is 0 Å². The summed E-state index contributed by atoms with van der Waals surface area (Å²) in [4.78, 5) is 0. The van der Waals surface area contributed by atoms with Crippen molar-refractivity contribution in [2.75, 3.05) is 19.8 Å². The van der Waals surface area contributed by atoms with E-state index < -0.39 is 12.6 Å². The minimum absolute atomic E-state index is 0.221. The molecule has 5 heteroatoms. The Balaban J connectivity index is 3.06. The summed E-state index contributed by atoms with van der Waals surface area (Å²) in [5, 5.41) is 3.23. The van der Waals surface area contributed by atoms with Crippen LogP contribution < -0.4 is 5.32 Å². The van der Waals surface area contributed by atoms with Gasteiger partial charge in [0.2, 0.25) is 0 Å². The van der Waals surface area contributed by atoms with Gasteiger partial charge >= 0.3 is 6.18 Å². The molecule has 0 aromatic rings. The lowest BCUT2D eigenvalue weighted by molar-refractivity contribution is -0.145. The minimum Gasteiger partial charge on any atom is -0.381 e. The van der Waals surface area contributed by atoms with Crippen LogP contribution in [0.3, 0.4) is 0 Å². The second-order valence-corrected chi connectivity index (χ2v) is 3.79. The molecule has 0 radical (unpaired) electrons. The number of ether oxygens (including phenoxy) is 1. The summed E-state index contributed by atoms with van der Waals surface area (Å²) in [6, 6.07) is 0.455. The van der Waals surface area contributed by atoms with Crippen LogP contribution in [-0.4, -0.2) is 32.0 Å². The van der Waals surface area contributed by atoms with Crippen molar-refractivity contribution in [2.45, 2.75) is 45.3 Å². The lowest BCUT2D eigenvalue weighted by Gasteiger charge is -2.08. The van der Waals surface area contributed by atoms with E-state index in [2.05, 4.69) is 19.2 Å². The molecular formula is C10H20F3NO. The third-order valence-electron chi connectivity index (χ3n) is 1.80. The van der Waals surface area contributed by atoms with E-state index in [1.807, 2.05) is 0 Å². The number of nitrogens with one attached hydrogen (secondary N) is 1. The van der Waals surface area contributed by atoms with Gasteiger partial charge in [-0.15, -0.1) is 0 Å². The molecule has 0 bridgehead atoms. The average molecular weight is 227 g/mol. The summed E-state index contributed by atoms with van der Waals surface area (Å²) < 4.78 is 39.9. The molecule has 2 nitrogen and oxygen atoms in total. The van der Waals surface area contributed by atoms with Crippen LogP contribution >= 0.6 is 0 Å². The van der Waals surface area contributed by atoms with Gasteiger partial charge in [-0.3, -0.25) is 0 Å². The van der Waals surface area contributed by atoms with Gasteiger partial charge in [-0.25, -0.2) is 0 Å². The SMILES string of the molecule is CC(C)NCCCCOCCC(F)(F)F. The fourth-order valence-corrected chi connectivity index (χ4v) is 1.01. The van der Waals surface area contributed by atoms with Crippen LogP contribution in [0.1, 0.15) is 33.1 Å². The summed E-state index contributed by atoms with van der Waals surface area (Å²) in [5.74, 6) is 0. The van der Waals surface area contributed by atoms with Crippen LogP contribution in [0.25, 0.3) is 0 Å². The van der Waals surface area contributed by atoms with Crippen molar-refractivity contribution in [3.63, 3.8) is 0 Å². The molecule has 0 aromatic heterocycles. The third-order valence-corrected chi connectivity index (χ3v) is 1.80. The molecule has 0 amide bonds. The summed E-state index contributed by atoms with van der Waals surface area (Å²) in [6.45, 7) is 5.19. The van der Waals surface area contributed by atoms with Crippen LogP contribution in [0.2, 0.25) is 0 Å². The molecule has 0 saturated carbocycles. The summed E-state index contributed by atoms with van der Waals surface area (Å²) in [7, 11) is 0. The molecule has 0 heterocycles. The number of rotatable bonds is 8. The van der Waals surface area contributed by atoms with Gasteiger partial charge in [-0.1, -0.05) is 13.8 Å². The molecule has 15 heavy (non-hydrogen) atoms. The van der Waals surface area contributed by atoms with Gasteiger partial charge in [-0.05, 0) is 19.4 Å². The monoisotopic (exact) mass is 227 g/mol. The van der Waals surface area contributed by atoms with E-state index in [4.69, 9.17) is 4.74 Å². The largest absolute Gasteiger partial charge is 0.391 e.